The Kier molecular flexibility index (Phi) is 3.85. The number of halogens is 1. The molecule has 1 aromatic heterocycles. The molecule has 0 fully saturated rings. The molecular formula is C14H13BrO5. The number of ketones is 1. The smallest absolute Gasteiger partial charge is 0.372 e. The van der Waals surface area contributed by atoms with Gasteiger partial charge in [0.1, 0.15) is 16.9 Å². The molecule has 0 atom stereocenters. The maximum absolute atomic E-state index is 12.1. The summed E-state index contributed by atoms with van der Waals surface area (Å²) in [6, 6.07) is 1.55. The second-order valence-electron chi connectivity index (χ2n) is 4.49. The molecule has 0 saturated carbocycles. The van der Waals surface area contributed by atoms with Gasteiger partial charge in [0.2, 0.25) is 5.76 Å². The van der Waals surface area contributed by atoms with Gasteiger partial charge in [-0.15, -0.1) is 0 Å². The van der Waals surface area contributed by atoms with Crippen LogP contribution in [-0.2, 0) is 0 Å². The molecule has 5 nitrogen and oxygen atoms in total. The van der Waals surface area contributed by atoms with Crippen LogP contribution in [0, 0.1) is 6.92 Å². The zero-order chi connectivity index (χ0) is 15.0. The second kappa shape index (κ2) is 5.28. The van der Waals surface area contributed by atoms with Crippen molar-refractivity contribution >= 4 is 38.7 Å². The zero-order valence-electron chi connectivity index (χ0n) is 11.0. The summed E-state index contributed by atoms with van der Waals surface area (Å²) in [4.78, 5) is 23.2. The van der Waals surface area contributed by atoms with Crippen LogP contribution in [0.2, 0.25) is 0 Å². The van der Waals surface area contributed by atoms with Crippen molar-refractivity contribution < 1.29 is 24.2 Å². The van der Waals surface area contributed by atoms with Gasteiger partial charge in [-0.05, 0) is 35.3 Å². The third-order valence-electron chi connectivity index (χ3n) is 3.10. The first-order valence-electron chi connectivity index (χ1n) is 6.09. The molecule has 106 valence electrons. The number of hydrogen-bond acceptors (Lipinski definition) is 4. The Hall–Kier alpha value is -1.82. The lowest BCUT2D eigenvalue weighted by molar-refractivity contribution is 0.0663. The van der Waals surface area contributed by atoms with Crippen molar-refractivity contribution in [3.05, 3.63) is 27.4 Å². The number of carboxylic acid groups (broad SMARTS) is 1. The van der Waals surface area contributed by atoms with Crippen molar-refractivity contribution in [3.8, 4) is 5.75 Å². The minimum Gasteiger partial charge on any atom is -0.506 e. The Morgan fingerprint density at radius 2 is 2.05 bits per heavy atom. The molecule has 0 aliphatic rings. The lowest BCUT2D eigenvalue weighted by Gasteiger charge is -2.06. The number of aryl methyl sites for hydroxylation is 1. The molecule has 2 N–H and O–H groups in total. The summed E-state index contributed by atoms with van der Waals surface area (Å²) in [6.45, 7) is 3.45. The molecule has 2 rings (SSSR count). The molecule has 0 unspecified atom stereocenters. The maximum atomic E-state index is 12.1. The number of benzene rings is 1. The number of Topliss-reactive ketones (excluding diaryl/α,β-unsaturated/α-hetero) is 1. The number of carboxylic acids is 1. The monoisotopic (exact) mass is 340 g/mol. The van der Waals surface area contributed by atoms with Crippen LogP contribution in [0.3, 0.4) is 0 Å². The highest BCUT2D eigenvalue weighted by atomic mass is 79.9. The number of aromatic hydroxyl groups is 1. The van der Waals surface area contributed by atoms with Gasteiger partial charge in [-0.1, -0.05) is 6.92 Å². The minimum atomic E-state index is -1.21. The van der Waals surface area contributed by atoms with Gasteiger partial charge < -0.3 is 14.6 Å². The Morgan fingerprint density at radius 1 is 1.40 bits per heavy atom. The normalized spacial score (nSPS) is 10.9. The minimum absolute atomic E-state index is 0.0341. The van der Waals surface area contributed by atoms with E-state index in [1.54, 1.807) is 13.0 Å². The fourth-order valence-corrected chi connectivity index (χ4v) is 2.55. The van der Waals surface area contributed by atoms with E-state index in [9.17, 15) is 14.7 Å². The number of rotatable bonds is 4. The van der Waals surface area contributed by atoms with Gasteiger partial charge in [0.15, 0.2) is 5.78 Å². The number of hydrogen-bond donors (Lipinski definition) is 2. The summed E-state index contributed by atoms with van der Waals surface area (Å²) in [5, 5.41) is 19.6. The quantitative estimate of drug-likeness (QED) is 0.824. The molecule has 0 radical (unpaired) electrons. The van der Waals surface area contributed by atoms with Crippen molar-refractivity contribution in [1.29, 1.82) is 0 Å². The molecule has 0 spiro atoms. The summed E-state index contributed by atoms with van der Waals surface area (Å²) >= 11 is 3.18. The summed E-state index contributed by atoms with van der Waals surface area (Å²) in [5.74, 6) is -1.92. The number of carbonyl (C=O) groups is 2. The van der Waals surface area contributed by atoms with Gasteiger partial charge in [-0.2, -0.15) is 0 Å². The molecule has 0 aliphatic carbocycles. The van der Waals surface area contributed by atoms with Crippen LogP contribution in [0.5, 0.6) is 5.75 Å². The van der Waals surface area contributed by atoms with Crippen molar-refractivity contribution in [3.63, 3.8) is 0 Å². The van der Waals surface area contributed by atoms with Crippen LogP contribution in [0.15, 0.2) is 15.0 Å². The standard InChI is InChI=1S/C14H13BrO5/c1-3-4-9(16)10-11(17)8(15)5-7-6(2)12(14(18)19)20-13(7)10/h5,17H,3-4H2,1-2H3,(H,18,19). The van der Waals surface area contributed by atoms with Gasteiger partial charge in [-0.3, -0.25) is 4.79 Å². The van der Waals surface area contributed by atoms with Gasteiger partial charge in [0.25, 0.3) is 0 Å². The SMILES string of the molecule is CCCC(=O)c1c(O)c(Br)cc2c(C)c(C(=O)O)oc12. The van der Waals surface area contributed by atoms with Gasteiger partial charge in [0.05, 0.1) is 4.47 Å². The third-order valence-corrected chi connectivity index (χ3v) is 3.71. The Bertz CT molecular complexity index is 714. The highest BCUT2D eigenvalue weighted by Crippen LogP contribution is 2.39. The highest BCUT2D eigenvalue weighted by molar-refractivity contribution is 9.10. The first kappa shape index (κ1) is 14.6. The molecule has 0 aliphatic heterocycles. The highest BCUT2D eigenvalue weighted by Gasteiger charge is 2.25. The largest absolute Gasteiger partial charge is 0.506 e. The van der Waals surface area contributed by atoms with Gasteiger partial charge in [0, 0.05) is 17.4 Å². The lowest BCUT2D eigenvalue weighted by Crippen LogP contribution is -2.00. The Labute approximate surface area is 123 Å². The first-order chi connectivity index (χ1) is 9.38. The van der Waals surface area contributed by atoms with Crippen LogP contribution < -0.4 is 0 Å². The topological polar surface area (TPSA) is 87.7 Å². The van der Waals surface area contributed by atoms with Gasteiger partial charge >= 0.3 is 5.97 Å². The number of furan rings is 1. The van der Waals surface area contributed by atoms with E-state index < -0.39 is 5.97 Å². The van der Waals surface area contributed by atoms with Crippen molar-refractivity contribution in [1.82, 2.24) is 0 Å². The van der Waals surface area contributed by atoms with E-state index in [1.165, 1.54) is 0 Å². The average Bonchev–Trinajstić information content (AvgIpc) is 2.68. The van der Waals surface area contributed by atoms with E-state index in [-0.39, 0.29) is 34.9 Å². The number of aromatic carboxylic acids is 1. The molecule has 0 bridgehead atoms. The number of fused-ring (bicyclic) bond motifs is 1. The first-order valence-corrected chi connectivity index (χ1v) is 6.88. The molecule has 0 amide bonds. The summed E-state index contributed by atoms with van der Waals surface area (Å²) < 4.78 is 5.63. The zero-order valence-corrected chi connectivity index (χ0v) is 12.6. The van der Waals surface area contributed by atoms with Crippen molar-refractivity contribution in [2.75, 3.05) is 0 Å². The molecule has 6 heteroatoms. The number of phenolic OH excluding ortho intramolecular Hbond substituents is 1. The van der Waals surface area contributed by atoms with Crippen LogP contribution in [0.1, 0.15) is 46.2 Å². The predicted octanol–water partition coefficient (Wildman–Crippen LogP) is 3.89. The second-order valence-corrected chi connectivity index (χ2v) is 5.35. The van der Waals surface area contributed by atoms with E-state index in [0.29, 0.717) is 21.8 Å². The predicted molar refractivity (Wildman–Crippen MR) is 76.5 cm³/mol. The van der Waals surface area contributed by atoms with E-state index >= 15 is 0 Å². The van der Waals surface area contributed by atoms with E-state index in [4.69, 9.17) is 9.52 Å². The van der Waals surface area contributed by atoms with Crippen molar-refractivity contribution in [2.45, 2.75) is 26.7 Å². The number of phenols is 1. The molecule has 1 heterocycles. The average molecular weight is 341 g/mol. The molecule has 1 aromatic carbocycles. The molecule has 2 aromatic rings. The Morgan fingerprint density at radius 3 is 2.60 bits per heavy atom. The van der Waals surface area contributed by atoms with E-state index in [1.807, 2.05) is 6.92 Å². The van der Waals surface area contributed by atoms with E-state index in [2.05, 4.69) is 15.9 Å². The Balaban J connectivity index is 2.84. The van der Waals surface area contributed by atoms with Crippen LogP contribution >= 0.6 is 15.9 Å². The number of carbonyl (C=O) groups excluding carboxylic acids is 1. The fraction of sp³-hybridized carbons (Fsp3) is 0.286. The van der Waals surface area contributed by atoms with Crippen LogP contribution in [0.25, 0.3) is 11.0 Å². The summed E-state index contributed by atoms with van der Waals surface area (Å²) in [7, 11) is 0. The maximum Gasteiger partial charge on any atom is 0.372 e. The fourth-order valence-electron chi connectivity index (χ4n) is 2.12. The van der Waals surface area contributed by atoms with E-state index in [0.717, 1.165) is 0 Å². The third kappa shape index (κ3) is 2.20. The summed E-state index contributed by atoms with van der Waals surface area (Å²) in [5.41, 5.74) is 0.588. The van der Waals surface area contributed by atoms with Crippen LogP contribution in [0.4, 0.5) is 0 Å². The van der Waals surface area contributed by atoms with Crippen molar-refractivity contribution in [2.24, 2.45) is 0 Å². The van der Waals surface area contributed by atoms with Gasteiger partial charge in [-0.25, -0.2) is 4.79 Å². The molecular weight excluding hydrogens is 328 g/mol. The molecule has 0 saturated heterocycles. The summed E-state index contributed by atoms with van der Waals surface area (Å²) in [6.07, 6.45) is 0.874. The lowest BCUT2D eigenvalue weighted by atomic mass is 10.0. The van der Waals surface area contributed by atoms with Crippen LogP contribution in [-0.4, -0.2) is 22.0 Å². The molecule has 20 heavy (non-hydrogen) atoms.